The highest BCUT2D eigenvalue weighted by atomic mass is 32.2. The Hall–Kier alpha value is -1.41. The maximum atomic E-state index is 11.4. The van der Waals surface area contributed by atoms with Crippen LogP contribution in [0.3, 0.4) is 0 Å². The van der Waals surface area contributed by atoms with Crippen molar-refractivity contribution in [1.82, 2.24) is 4.98 Å². The summed E-state index contributed by atoms with van der Waals surface area (Å²) in [6, 6.07) is 3.36. The van der Waals surface area contributed by atoms with Crippen molar-refractivity contribution < 1.29 is 8.42 Å². The molecular formula is C9H10N2O2S. The highest BCUT2D eigenvalue weighted by Crippen LogP contribution is 2.13. The van der Waals surface area contributed by atoms with E-state index < -0.39 is 9.84 Å². The first-order valence-corrected chi connectivity index (χ1v) is 5.76. The second kappa shape index (κ2) is 3.76. The number of nitrogens with zero attached hydrogens (tertiary/aromatic N) is 2. The first-order chi connectivity index (χ1) is 6.51. The molecule has 0 unspecified atom stereocenters. The molecule has 0 aliphatic rings. The van der Waals surface area contributed by atoms with Gasteiger partial charge in [0.1, 0.15) is 11.8 Å². The van der Waals surface area contributed by atoms with Crippen LogP contribution in [0.5, 0.6) is 0 Å². The van der Waals surface area contributed by atoms with Crippen LogP contribution in [0, 0.1) is 18.3 Å². The van der Waals surface area contributed by atoms with E-state index in [0.29, 0.717) is 5.56 Å². The minimum Gasteiger partial charge on any atom is -0.244 e. The van der Waals surface area contributed by atoms with Crippen LogP contribution in [-0.4, -0.2) is 19.2 Å². The Kier molecular flexibility index (Phi) is 2.87. The number of rotatable bonds is 2. The Morgan fingerprint density at radius 3 is 2.64 bits per heavy atom. The molecule has 0 amide bonds. The molecule has 4 nitrogen and oxygen atoms in total. The molecule has 0 radical (unpaired) electrons. The fourth-order valence-electron chi connectivity index (χ4n) is 1.00. The van der Waals surface area contributed by atoms with Gasteiger partial charge in [0.25, 0.3) is 0 Å². The molecule has 0 saturated heterocycles. The van der Waals surface area contributed by atoms with Crippen molar-refractivity contribution in [2.45, 2.75) is 18.7 Å². The quantitative estimate of drug-likeness (QED) is 0.731. The Morgan fingerprint density at radius 1 is 1.57 bits per heavy atom. The monoisotopic (exact) mass is 210 g/mol. The third-order valence-corrected chi connectivity index (χ3v) is 3.60. The van der Waals surface area contributed by atoms with Gasteiger partial charge in [-0.05, 0) is 18.6 Å². The first kappa shape index (κ1) is 10.7. The van der Waals surface area contributed by atoms with Crippen molar-refractivity contribution in [2.24, 2.45) is 0 Å². The van der Waals surface area contributed by atoms with Crippen LogP contribution in [0.4, 0.5) is 0 Å². The summed E-state index contributed by atoms with van der Waals surface area (Å²) in [7, 11) is -3.22. The molecule has 0 saturated carbocycles. The molecule has 0 aromatic carbocycles. The molecule has 0 aliphatic heterocycles. The Balaban J connectivity index is 3.31. The van der Waals surface area contributed by atoms with Crippen molar-refractivity contribution in [3.8, 4) is 6.07 Å². The summed E-state index contributed by atoms with van der Waals surface area (Å²) in [5.74, 6) is 0.0417. The molecule has 5 heteroatoms. The number of hydrogen-bond donors (Lipinski definition) is 0. The van der Waals surface area contributed by atoms with Gasteiger partial charge in [0.15, 0.2) is 9.84 Å². The number of aromatic nitrogens is 1. The van der Waals surface area contributed by atoms with E-state index in [1.807, 2.05) is 6.07 Å². The van der Waals surface area contributed by atoms with Crippen LogP contribution in [-0.2, 0) is 9.84 Å². The lowest BCUT2D eigenvalue weighted by Gasteiger charge is -2.02. The van der Waals surface area contributed by atoms with E-state index in [-0.39, 0.29) is 16.3 Å². The number of aryl methyl sites for hydroxylation is 1. The van der Waals surface area contributed by atoms with E-state index in [4.69, 9.17) is 5.26 Å². The van der Waals surface area contributed by atoms with Crippen LogP contribution >= 0.6 is 0 Å². The van der Waals surface area contributed by atoms with Gasteiger partial charge < -0.3 is 0 Å². The smallest absolute Gasteiger partial charge is 0.179 e. The number of nitriles is 1. The number of sulfone groups is 1. The van der Waals surface area contributed by atoms with Gasteiger partial charge in [0.05, 0.1) is 10.6 Å². The van der Waals surface area contributed by atoms with E-state index in [1.54, 1.807) is 13.8 Å². The van der Waals surface area contributed by atoms with Crippen LogP contribution < -0.4 is 0 Å². The van der Waals surface area contributed by atoms with Gasteiger partial charge in [-0.3, -0.25) is 0 Å². The average molecular weight is 210 g/mol. The summed E-state index contributed by atoms with van der Waals surface area (Å²) >= 11 is 0. The molecule has 74 valence electrons. The topological polar surface area (TPSA) is 70.8 Å². The predicted molar refractivity (Wildman–Crippen MR) is 51.4 cm³/mol. The molecule has 0 atom stereocenters. The summed E-state index contributed by atoms with van der Waals surface area (Å²) < 4.78 is 22.9. The van der Waals surface area contributed by atoms with Crippen LogP contribution in [0.15, 0.2) is 17.2 Å². The van der Waals surface area contributed by atoms with Gasteiger partial charge in [-0.1, -0.05) is 6.92 Å². The lowest BCUT2D eigenvalue weighted by molar-refractivity contribution is 0.596. The zero-order chi connectivity index (χ0) is 10.8. The van der Waals surface area contributed by atoms with Gasteiger partial charge in [-0.25, -0.2) is 13.4 Å². The van der Waals surface area contributed by atoms with E-state index in [2.05, 4.69) is 4.98 Å². The molecule has 1 aromatic heterocycles. The zero-order valence-corrected chi connectivity index (χ0v) is 8.80. The fourth-order valence-corrected chi connectivity index (χ4v) is 1.91. The lowest BCUT2D eigenvalue weighted by atomic mass is 10.2. The third kappa shape index (κ3) is 1.91. The van der Waals surface area contributed by atoms with Gasteiger partial charge in [0.2, 0.25) is 0 Å². The third-order valence-electron chi connectivity index (χ3n) is 1.90. The first-order valence-electron chi connectivity index (χ1n) is 4.10. The maximum Gasteiger partial charge on any atom is 0.179 e. The van der Waals surface area contributed by atoms with E-state index in [9.17, 15) is 8.42 Å². The normalized spacial score (nSPS) is 10.9. The zero-order valence-electron chi connectivity index (χ0n) is 7.98. The SMILES string of the molecule is CCS(=O)(=O)c1cnc(C#N)c(C)c1. The van der Waals surface area contributed by atoms with E-state index in [0.717, 1.165) is 0 Å². The van der Waals surface area contributed by atoms with Gasteiger partial charge in [-0.15, -0.1) is 0 Å². The van der Waals surface area contributed by atoms with Crippen molar-refractivity contribution in [1.29, 1.82) is 5.26 Å². The van der Waals surface area contributed by atoms with Crippen LogP contribution in [0.25, 0.3) is 0 Å². The number of hydrogen-bond acceptors (Lipinski definition) is 4. The van der Waals surface area contributed by atoms with Gasteiger partial charge in [0, 0.05) is 6.20 Å². The standard InChI is InChI=1S/C9H10N2O2S/c1-3-14(12,13)8-4-7(2)9(5-10)11-6-8/h4,6H,3H2,1-2H3. The van der Waals surface area contributed by atoms with Crippen molar-refractivity contribution in [3.05, 3.63) is 23.5 Å². The second-order valence-electron chi connectivity index (χ2n) is 2.85. The minimum atomic E-state index is -3.22. The average Bonchev–Trinajstić information content (AvgIpc) is 2.17. The van der Waals surface area contributed by atoms with Crippen molar-refractivity contribution >= 4 is 9.84 Å². The fraction of sp³-hybridized carbons (Fsp3) is 0.333. The van der Waals surface area contributed by atoms with Crippen molar-refractivity contribution in [2.75, 3.05) is 5.75 Å². The molecule has 1 aromatic rings. The Morgan fingerprint density at radius 2 is 2.21 bits per heavy atom. The highest BCUT2D eigenvalue weighted by molar-refractivity contribution is 7.91. The molecule has 0 N–H and O–H groups in total. The van der Waals surface area contributed by atoms with Crippen molar-refractivity contribution in [3.63, 3.8) is 0 Å². The Labute approximate surface area is 83.1 Å². The van der Waals surface area contributed by atoms with Crippen LogP contribution in [0.1, 0.15) is 18.2 Å². The molecule has 1 heterocycles. The maximum absolute atomic E-state index is 11.4. The van der Waals surface area contributed by atoms with Crippen LogP contribution in [0.2, 0.25) is 0 Å². The minimum absolute atomic E-state index is 0.0417. The lowest BCUT2D eigenvalue weighted by Crippen LogP contribution is -2.05. The summed E-state index contributed by atoms with van der Waals surface area (Å²) in [4.78, 5) is 3.95. The molecule has 14 heavy (non-hydrogen) atoms. The molecule has 0 fully saturated rings. The molecule has 0 spiro atoms. The molecule has 0 bridgehead atoms. The molecule has 0 aliphatic carbocycles. The predicted octanol–water partition coefficient (Wildman–Crippen LogP) is 1.06. The summed E-state index contributed by atoms with van der Waals surface area (Å²) in [6.07, 6.45) is 1.23. The van der Waals surface area contributed by atoms with E-state index >= 15 is 0 Å². The Bertz CT molecular complexity index is 486. The summed E-state index contributed by atoms with van der Waals surface area (Å²) in [5, 5.41) is 8.61. The second-order valence-corrected chi connectivity index (χ2v) is 5.13. The molecule has 1 rings (SSSR count). The largest absolute Gasteiger partial charge is 0.244 e. The highest BCUT2D eigenvalue weighted by Gasteiger charge is 2.13. The van der Waals surface area contributed by atoms with Gasteiger partial charge >= 0.3 is 0 Å². The van der Waals surface area contributed by atoms with Gasteiger partial charge in [-0.2, -0.15) is 5.26 Å². The van der Waals surface area contributed by atoms with E-state index in [1.165, 1.54) is 12.3 Å². The summed E-state index contributed by atoms with van der Waals surface area (Å²) in [5.41, 5.74) is 0.849. The molecular weight excluding hydrogens is 200 g/mol. The number of pyridine rings is 1. The summed E-state index contributed by atoms with van der Waals surface area (Å²) in [6.45, 7) is 3.24.